The Labute approximate surface area is 814 Å². The molecule has 5 aliphatic heterocycles. The van der Waals surface area contributed by atoms with Crippen molar-refractivity contribution in [2.24, 2.45) is 15.0 Å². The molecule has 10 aromatic carbocycles. The Morgan fingerprint density at radius 3 is 1.01 bits per heavy atom. The summed E-state index contributed by atoms with van der Waals surface area (Å²) in [6.07, 6.45) is 6.19. The van der Waals surface area contributed by atoms with Crippen molar-refractivity contribution in [1.29, 1.82) is 0 Å². The molecule has 0 atom stereocenters. The van der Waals surface area contributed by atoms with Gasteiger partial charge in [0.15, 0.2) is 0 Å². The number of rotatable bonds is 24. The van der Waals surface area contributed by atoms with Gasteiger partial charge in [-0.25, -0.2) is 33.3 Å². The molecule has 0 aliphatic carbocycles. The highest BCUT2D eigenvalue weighted by Crippen LogP contribution is 2.50. The monoisotopic (exact) mass is 1910 g/mol. The molecule has 15 rings (SSSR count). The number of azide groups is 2. The average molecular weight is 1920 g/mol. The fraction of sp³-hybridized carbons (Fsp3) is 0.364. The molecule has 5 fully saturated rings. The Bertz CT molecular complexity index is 5370. The van der Waals surface area contributed by atoms with Crippen LogP contribution in [0, 0.1) is 0 Å². The number of amides is 6. The second-order valence-corrected chi connectivity index (χ2v) is 35.4. The average Bonchev–Trinajstić information content (AvgIpc) is 0.886. The molecule has 0 radical (unpaired) electrons. The zero-order chi connectivity index (χ0) is 98.8. The van der Waals surface area contributed by atoms with Crippen molar-refractivity contribution in [3.63, 3.8) is 0 Å². The van der Waals surface area contributed by atoms with E-state index in [4.69, 9.17) is 48.5 Å². The second kappa shape index (κ2) is 57.5. The molecular weight excluding hydrogens is 1790 g/mol. The van der Waals surface area contributed by atoms with Crippen LogP contribution in [0.5, 0.6) is 11.5 Å². The number of isocyanates is 1. The van der Waals surface area contributed by atoms with Gasteiger partial charge < -0.3 is 72.4 Å². The number of aliphatic imine (C=N–C) groups is 1. The Balaban J connectivity index is 0.000000207. The maximum absolute atomic E-state index is 12.6. The third-order valence-electron chi connectivity index (χ3n) is 23.8. The van der Waals surface area contributed by atoms with Gasteiger partial charge in [0, 0.05) is 80.3 Å². The van der Waals surface area contributed by atoms with Gasteiger partial charge in [-0.2, -0.15) is 4.99 Å². The number of hydrogen-bond donors (Lipinski definition) is 2. The number of likely N-dealkylation sites (tertiary alicyclic amines) is 4. The van der Waals surface area contributed by atoms with E-state index >= 15 is 0 Å². The van der Waals surface area contributed by atoms with Crippen LogP contribution in [0.25, 0.3) is 20.9 Å². The topological polar surface area (TPSA) is 386 Å². The smallest absolute Gasteiger partial charge is 0.481 e. The Hall–Kier alpha value is -14.6. The number of alkyl carbamates (subject to hydrolysis) is 1. The lowest BCUT2D eigenvalue weighted by atomic mass is 9.72. The number of ether oxygens (including phenoxy) is 6. The van der Waals surface area contributed by atoms with Crippen LogP contribution in [0.1, 0.15) is 158 Å². The van der Waals surface area contributed by atoms with Gasteiger partial charge in [-0.05, 0) is 190 Å². The summed E-state index contributed by atoms with van der Waals surface area (Å²) >= 11 is 0. The molecule has 0 saturated carbocycles. The molecule has 32 heteroatoms. The zero-order valence-corrected chi connectivity index (χ0v) is 80.1. The zero-order valence-electron chi connectivity index (χ0n) is 79.2. The van der Waals surface area contributed by atoms with Crippen LogP contribution in [0.3, 0.4) is 0 Å². The molecule has 5 saturated heterocycles. The van der Waals surface area contributed by atoms with Crippen molar-refractivity contribution in [3.05, 3.63) is 369 Å². The highest BCUT2D eigenvalue weighted by molar-refractivity contribution is 7.53. The molecule has 2 N–H and O–H groups in total. The van der Waals surface area contributed by atoms with Crippen LogP contribution in [0.15, 0.2) is 318 Å². The molecule has 0 aromatic heterocycles. The molecule has 6 amide bonds. The van der Waals surface area contributed by atoms with Crippen LogP contribution in [-0.2, 0) is 95.7 Å². The summed E-state index contributed by atoms with van der Waals surface area (Å²) in [5.74, 6) is -0.743. The second-order valence-electron chi connectivity index (χ2n) is 33.9. The summed E-state index contributed by atoms with van der Waals surface area (Å²) in [6, 6.07) is 93.0. The number of nitrogens with one attached hydrogen (secondary N) is 1. The number of carboxylic acid groups (broad SMARTS) is 1. The number of benzene rings is 10. The van der Waals surface area contributed by atoms with Gasteiger partial charge in [-0.1, -0.05) is 307 Å². The third kappa shape index (κ3) is 35.2. The number of para-hydroxylation sites is 2. The van der Waals surface area contributed by atoms with Gasteiger partial charge >= 0.3 is 44.2 Å². The molecule has 139 heavy (non-hydrogen) atoms. The van der Waals surface area contributed by atoms with E-state index in [1.807, 2.05) is 263 Å². The van der Waals surface area contributed by atoms with E-state index in [0.717, 1.165) is 57.7 Å². The van der Waals surface area contributed by atoms with Crippen LogP contribution < -0.4 is 14.4 Å². The van der Waals surface area contributed by atoms with Crippen LogP contribution in [0.4, 0.5) is 24.0 Å². The maximum Gasteiger partial charge on any atom is 0.525 e. The van der Waals surface area contributed by atoms with Crippen molar-refractivity contribution in [2.45, 2.75) is 167 Å². The summed E-state index contributed by atoms with van der Waals surface area (Å²) in [6.45, 7) is 22.0. The predicted octanol–water partition coefficient (Wildman–Crippen LogP) is 23.5. The summed E-state index contributed by atoms with van der Waals surface area (Å²) in [7, 11) is -3.95. The van der Waals surface area contributed by atoms with Crippen molar-refractivity contribution in [3.8, 4) is 11.5 Å². The van der Waals surface area contributed by atoms with E-state index in [1.165, 1.54) is 32.5 Å². The van der Waals surface area contributed by atoms with Gasteiger partial charge in [-0.15, -0.1) is 0 Å². The Kier molecular flexibility index (Phi) is 45.4. The first-order valence-electron chi connectivity index (χ1n) is 46.3. The molecule has 31 nitrogen and oxygen atoms in total. The minimum atomic E-state index is -3.95. The van der Waals surface area contributed by atoms with E-state index in [2.05, 4.69) is 55.8 Å². The molecule has 0 bridgehead atoms. The molecule has 0 unspecified atom stereocenters. The summed E-state index contributed by atoms with van der Waals surface area (Å²) < 4.78 is 54.6. The van der Waals surface area contributed by atoms with Gasteiger partial charge in [0.05, 0.1) is 16.4 Å². The van der Waals surface area contributed by atoms with Gasteiger partial charge in [0.25, 0.3) is 0 Å². The normalized spacial score (nSPS) is 15.0. The maximum atomic E-state index is 12.6. The van der Waals surface area contributed by atoms with Crippen molar-refractivity contribution >= 4 is 56.2 Å². The fourth-order valence-corrected chi connectivity index (χ4v) is 17.0. The van der Waals surface area contributed by atoms with E-state index in [0.29, 0.717) is 115 Å². The van der Waals surface area contributed by atoms with Crippen molar-refractivity contribution in [1.82, 2.24) is 29.8 Å². The lowest BCUT2D eigenvalue weighted by molar-refractivity contribution is -0.145. The van der Waals surface area contributed by atoms with Crippen LogP contribution in [0.2, 0.25) is 0 Å². The molecular formula is C107H128N13O18P. The van der Waals surface area contributed by atoms with E-state index in [9.17, 15) is 48.0 Å². The summed E-state index contributed by atoms with van der Waals surface area (Å²) in [4.78, 5) is 119. The van der Waals surface area contributed by atoms with Crippen LogP contribution in [-0.4, -0.2) is 169 Å². The van der Waals surface area contributed by atoms with Gasteiger partial charge in [0.1, 0.15) is 49.1 Å². The van der Waals surface area contributed by atoms with E-state index in [1.54, 1.807) is 86.3 Å². The number of carbonyl (C=O) groups excluding carboxylic acids is 7. The van der Waals surface area contributed by atoms with E-state index < -0.39 is 65.4 Å². The summed E-state index contributed by atoms with van der Waals surface area (Å²) in [5, 5.41) is 16.2. The van der Waals surface area contributed by atoms with E-state index in [-0.39, 0.29) is 46.0 Å². The first-order chi connectivity index (χ1) is 66.8. The SMILES string of the molecule is C.C1CCOC1.CC(C)(C)OC(=O)NC1(c2ccccc2)CCN(C(=O)OCc2ccccc2)CC1.CCN(CC)CC.O=C(OCc1ccccc1)N1CCC(C(=O)O)(c2ccccc2)CC1.O=C=NC1(c2ccccc2)CCN(C(=O)OCc2ccccc2)CC1.[N-]=[N+]=NC(=O)C1(c2ccccc2)CCN(C(=O)OCc2ccccc2)CC1.[N-]=[N+]=NP(=O)(Oc1ccccc1)Oc1ccccc1. The number of carbonyl (C=O) groups is 7. The minimum Gasteiger partial charge on any atom is -0.481 e. The minimum absolute atomic E-state index is 0. The molecule has 5 aliphatic rings. The number of aliphatic carboxylic acids is 1. The van der Waals surface area contributed by atoms with Crippen molar-refractivity contribution in [2.75, 3.05) is 85.2 Å². The number of carboxylic acids is 1. The van der Waals surface area contributed by atoms with Crippen LogP contribution >= 0.6 is 7.75 Å². The fourth-order valence-electron chi connectivity index (χ4n) is 16.0. The third-order valence-corrected chi connectivity index (χ3v) is 25.0. The standard InChI is InChI=1S/C24H30N2O4.C20H20N4O3.C20H20N2O3.C20H21NO4.C12H10N3O3P.C6H15N.C4H8O.CH4/c1-23(2,3)30-21(27)25-24(20-12-8-5-9-13-20)14-16-26(17-15-24)22(28)29-18-19-10-6-4-7-11-19;21-23-22-18(25)20(17-9-5-2-6-10-17)11-13-24(14-12-20)19(26)27-15-16-7-3-1-4-8-16;23-16-21-20(18-9-5-2-6-10-18)11-13-22(14-12-20)19(24)25-15-17-7-3-1-4-8-17;22-18(23)20(17-9-5-2-6-10-17)11-13-21(14-12-20)19(24)25-15-16-7-3-1-4-8-16;13-14-15-19(16,17-11-7-3-1-4-8-11)18-12-9-5-2-6-10-12;1-4-7(5-2)6-3;1-2-4-5-3-1;/h4-13H,14-18H2,1-3H3,(H,25,27);1-10H,11-15H2;1-10H,11-15H2;1-10H,11-15H2,(H,22,23);1-10H;4-6H2,1-3H3;1-4H2;1H4. The predicted molar refractivity (Wildman–Crippen MR) is 533 cm³/mol. The number of piperidine rings is 4. The van der Waals surface area contributed by atoms with Crippen molar-refractivity contribution < 1.29 is 85.5 Å². The highest BCUT2D eigenvalue weighted by Gasteiger charge is 2.47. The number of nitrogens with zero attached hydrogens (tertiary/aromatic N) is 12. The highest BCUT2D eigenvalue weighted by atomic mass is 31.2. The van der Waals surface area contributed by atoms with Gasteiger partial charge in [0.2, 0.25) is 12.0 Å². The lowest BCUT2D eigenvalue weighted by Crippen LogP contribution is -2.54. The summed E-state index contributed by atoms with van der Waals surface area (Å²) in [5.41, 5.74) is 20.9. The molecule has 0 spiro atoms. The van der Waals surface area contributed by atoms with Gasteiger partial charge in [-0.3, -0.25) is 9.59 Å². The first kappa shape index (κ1) is 110. The Morgan fingerprint density at radius 1 is 0.432 bits per heavy atom. The molecule has 734 valence electrons. The quantitative estimate of drug-likeness (QED) is 0.0108. The molecule has 10 aromatic rings. The lowest BCUT2D eigenvalue weighted by Gasteiger charge is -2.42. The Morgan fingerprint density at radius 2 is 0.727 bits per heavy atom. The number of hydrogen-bond acceptors (Lipinski definition) is 19. The first-order valence-corrected chi connectivity index (χ1v) is 47.8. The molecule has 5 heterocycles. The largest absolute Gasteiger partial charge is 0.525 e.